The number of nitrogens with two attached hydrogens (primary N) is 1. The molecule has 2 rings (SSSR count). The molecule has 162 valence electrons. The molecule has 1 aromatic rings. The number of amidine groups is 1. The van der Waals surface area contributed by atoms with Crippen LogP contribution < -0.4 is 16.4 Å². The average Bonchev–Trinajstić information content (AvgIpc) is 3.07. The zero-order chi connectivity index (χ0) is 21.1. The summed E-state index contributed by atoms with van der Waals surface area (Å²) in [6.45, 7) is 2.63. The van der Waals surface area contributed by atoms with Crippen LogP contribution in [0.1, 0.15) is 86.9 Å². The summed E-state index contributed by atoms with van der Waals surface area (Å²) in [5, 5.41) is 14.3. The van der Waals surface area contributed by atoms with Gasteiger partial charge in [0.25, 0.3) is 0 Å². The van der Waals surface area contributed by atoms with E-state index >= 15 is 0 Å². The minimum absolute atomic E-state index is 0.0276. The highest BCUT2D eigenvalue weighted by atomic mass is 32.1. The van der Waals surface area contributed by atoms with Crippen LogP contribution in [0.5, 0.6) is 0 Å². The highest BCUT2D eigenvalue weighted by molar-refractivity contribution is 7.11. The van der Waals surface area contributed by atoms with E-state index in [9.17, 15) is 9.59 Å². The van der Waals surface area contributed by atoms with Crippen molar-refractivity contribution in [3.63, 3.8) is 0 Å². The van der Waals surface area contributed by atoms with E-state index in [2.05, 4.69) is 22.5 Å². The first kappa shape index (κ1) is 23.3. The van der Waals surface area contributed by atoms with Crippen LogP contribution in [0.25, 0.3) is 0 Å². The van der Waals surface area contributed by atoms with Crippen LogP contribution in [0, 0.1) is 5.41 Å². The van der Waals surface area contributed by atoms with E-state index in [0.717, 1.165) is 30.6 Å². The molecule has 8 heteroatoms. The molecule has 1 saturated carbocycles. The second kappa shape index (κ2) is 12.6. The first-order chi connectivity index (χ1) is 14.0. The summed E-state index contributed by atoms with van der Waals surface area (Å²) >= 11 is 1.73. The Hall–Kier alpha value is -1.96. The molecule has 1 aromatic heterocycles. The number of thiazole rings is 1. The topological polar surface area (TPSA) is 121 Å². The smallest absolute Gasteiger partial charge is 0.243 e. The Morgan fingerprint density at radius 1 is 1.31 bits per heavy atom. The van der Waals surface area contributed by atoms with Gasteiger partial charge in [-0.15, -0.1) is 11.3 Å². The molecule has 1 aliphatic rings. The van der Waals surface area contributed by atoms with Crippen molar-refractivity contribution in [2.24, 2.45) is 5.73 Å². The molecule has 2 amide bonds. The summed E-state index contributed by atoms with van der Waals surface area (Å²) in [6.07, 6.45) is 12.1. The number of rotatable bonds is 14. The second-order valence-electron chi connectivity index (χ2n) is 7.85. The zero-order valence-corrected chi connectivity index (χ0v) is 18.3. The second-order valence-corrected chi connectivity index (χ2v) is 8.99. The van der Waals surface area contributed by atoms with E-state index in [4.69, 9.17) is 11.1 Å². The van der Waals surface area contributed by atoms with Crippen molar-refractivity contribution in [1.29, 1.82) is 5.41 Å². The van der Waals surface area contributed by atoms with Gasteiger partial charge >= 0.3 is 0 Å². The Balaban J connectivity index is 1.73. The van der Waals surface area contributed by atoms with Gasteiger partial charge < -0.3 is 16.4 Å². The van der Waals surface area contributed by atoms with E-state index in [1.165, 1.54) is 30.7 Å². The van der Waals surface area contributed by atoms with Crippen LogP contribution >= 0.6 is 11.3 Å². The predicted molar refractivity (Wildman–Crippen MR) is 117 cm³/mol. The average molecular weight is 422 g/mol. The number of nitrogens with one attached hydrogen (secondary N) is 3. The predicted octanol–water partition coefficient (Wildman–Crippen LogP) is 3.24. The molecule has 5 N–H and O–H groups in total. The van der Waals surface area contributed by atoms with Gasteiger partial charge in [-0.2, -0.15) is 0 Å². The number of carbonyl (C=O) groups is 2. The Bertz CT molecular complexity index is 672. The van der Waals surface area contributed by atoms with E-state index in [1.54, 1.807) is 11.3 Å². The number of hydrogen-bond acceptors (Lipinski definition) is 5. The van der Waals surface area contributed by atoms with Crippen molar-refractivity contribution < 1.29 is 9.59 Å². The van der Waals surface area contributed by atoms with E-state index in [0.29, 0.717) is 25.3 Å². The number of carbonyl (C=O) groups excluding carboxylic acids is 2. The first-order valence-electron chi connectivity index (χ1n) is 10.8. The highest BCUT2D eigenvalue weighted by Gasteiger charge is 2.23. The van der Waals surface area contributed by atoms with Gasteiger partial charge in [0.2, 0.25) is 11.8 Å². The Kier molecular flexibility index (Phi) is 10.1. The molecule has 1 atom stereocenters. The van der Waals surface area contributed by atoms with Gasteiger partial charge in [-0.3, -0.25) is 15.0 Å². The maximum atomic E-state index is 12.5. The van der Waals surface area contributed by atoms with Crippen LogP contribution in [0.4, 0.5) is 0 Å². The van der Waals surface area contributed by atoms with Gasteiger partial charge in [0.05, 0.1) is 10.8 Å². The van der Waals surface area contributed by atoms with Gasteiger partial charge in [-0.05, 0) is 19.3 Å². The lowest BCUT2D eigenvalue weighted by molar-refractivity contribution is -0.128. The maximum Gasteiger partial charge on any atom is 0.243 e. The first-order valence-corrected chi connectivity index (χ1v) is 11.7. The monoisotopic (exact) mass is 421 g/mol. The van der Waals surface area contributed by atoms with Gasteiger partial charge in [0.15, 0.2) is 0 Å². The van der Waals surface area contributed by atoms with Gasteiger partial charge in [0, 0.05) is 42.8 Å². The van der Waals surface area contributed by atoms with Crippen LogP contribution in [-0.2, 0) is 16.0 Å². The van der Waals surface area contributed by atoms with Crippen molar-refractivity contribution >= 4 is 29.0 Å². The zero-order valence-electron chi connectivity index (χ0n) is 17.5. The molecule has 0 bridgehead atoms. The molecule has 1 aliphatic carbocycles. The molecule has 0 unspecified atom stereocenters. The lowest BCUT2D eigenvalue weighted by Crippen LogP contribution is -2.48. The SMILES string of the molecule is CCCCCCCC(=O)N[C@H](CC(=N)N)C(=O)NCCc1cnc(C2CCC2)s1. The third-order valence-electron chi connectivity index (χ3n) is 5.28. The van der Waals surface area contributed by atoms with Crippen molar-refractivity contribution in [2.45, 2.75) is 89.5 Å². The van der Waals surface area contributed by atoms with Crippen LogP contribution in [0.3, 0.4) is 0 Å². The summed E-state index contributed by atoms with van der Waals surface area (Å²) in [7, 11) is 0. The lowest BCUT2D eigenvalue weighted by atomic mass is 9.86. The van der Waals surface area contributed by atoms with Crippen molar-refractivity contribution in [1.82, 2.24) is 15.6 Å². The van der Waals surface area contributed by atoms with Crippen molar-refractivity contribution in [3.05, 3.63) is 16.1 Å². The molecule has 1 heterocycles. The Labute approximate surface area is 177 Å². The third-order valence-corrected chi connectivity index (χ3v) is 6.50. The molecule has 7 nitrogen and oxygen atoms in total. The normalized spacial score (nSPS) is 14.8. The van der Waals surface area contributed by atoms with Crippen molar-refractivity contribution in [2.75, 3.05) is 6.54 Å². The summed E-state index contributed by atoms with van der Waals surface area (Å²) in [6, 6.07) is -0.789. The Morgan fingerprint density at radius 3 is 2.72 bits per heavy atom. The van der Waals surface area contributed by atoms with Gasteiger partial charge in [0.1, 0.15) is 6.04 Å². The van der Waals surface area contributed by atoms with E-state index < -0.39 is 6.04 Å². The third kappa shape index (κ3) is 8.51. The minimum atomic E-state index is -0.789. The Morgan fingerprint density at radius 2 is 2.07 bits per heavy atom. The molecule has 0 saturated heterocycles. The van der Waals surface area contributed by atoms with Crippen LogP contribution in [0.2, 0.25) is 0 Å². The molecule has 29 heavy (non-hydrogen) atoms. The molecule has 0 aliphatic heterocycles. The van der Waals surface area contributed by atoms with Crippen LogP contribution in [0.15, 0.2) is 6.20 Å². The number of aromatic nitrogens is 1. The van der Waals surface area contributed by atoms with Crippen molar-refractivity contribution in [3.8, 4) is 0 Å². The number of nitrogens with zero attached hydrogens (tertiary/aromatic N) is 1. The van der Waals surface area contributed by atoms with E-state index in [1.807, 2.05) is 6.20 Å². The fourth-order valence-electron chi connectivity index (χ4n) is 3.30. The minimum Gasteiger partial charge on any atom is -0.388 e. The number of hydrogen-bond donors (Lipinski definition) is 4. The van der Waals surface area contributed by atoms with E-state index in [-0.39, 0.29) is 24.1 Å². The summed E-state index contributed by atoms with van der Waals surface area (Å²) in [4.78, 5) is 30.3. The molecular formula is C21H35N5O2S. The summed E-state index contributed by atoms with van der Waals surface area (Å²) in [5.74, 6) is 0.0697. The summed E-state index contributed by atoms with van der Waals surface area (Å²) < 4.78 is 0. The lowest BCUT2D eigenvalue weighted by Gasteiger charge is -2.22. The standard InChI is InChI=1S/C21H35N5O2S/c1-2-3-4-5-6-10-19(27)26-17(13-18(22)23)20(28)24-12-11-16-14-25-21(29-16)15-8-7-9-15/h14-15,17H,2-13H2,1H3,(H3,22,23)(H,24,28)(H,26,27)/t17-/m1/s1. The largest absolute Gasteiger partial charge is 0.388 e. The molecule has 0 radical (unpaired) electrons. The number of amides is 2. The fraction of sp³-hybridized carbons (Fsp3) is 0.714. The maximum absolute atomic E-state index is 12.5. The molecule has 0 spiro atoms. The molecular weight excluding hydrogens is 386 g/mol. The van der Waals surface area contributed by atoms with Gasteiger partial charge in [-0.25, -0.2) is 4.98 Å². The number of unbranched alkanes of at least 4 members (excludes halogenated alkanes) is 4. The molecule has 0 aromatic carbocycles. The van der Waals surface area contributed by atoms with Gasteiger partial charge in [-0.1, -0.05) is 39.0 Å². The summed E-state index contributed by atoms with van der Waals surface area (Å²) in [5.41, 5.74) is 5.48. The van der Waals surface area contributed by atoms with Crippen LogP contribution in [-0.4, -0.2) is 35.2 Å². The molecule has 1 fully saturated rings. The quantitative estimate of drug-likeness (QED) is 0.209. The fourth-order valence-corrected chi connectivity index (χ4v) is 4.38. The highest BCUT2D eigenvalue weighted by Crippen LogP contribution is 2.38.